The van der Waals surface area contributed by atoms with Gasteiger partial charge < -0.3 is 9.88 Å². The van der Waals surface area contributed by atoms with Gasteiger partial charge in [0.25, 0.3) is 0 Å². The number of hydrogen-bond acceptors (Lipinski definition) is 7. The highest BCUT2D eigenvalue weighted by Crippen LogP contribution is 2.39. The highest BCUT2D eigenvalue weighted by atomic mass is 35.5. The van der Waals surface area contributed by atoms with Crippen molar-refractivity contribution < 1.29 is 4.79 Å². The fourth-order valence-corrected chi connectivity index (χ4v) is 6.62. The Labute approximate surface area is 236 Å². The lowest BCUT2D eigenvalue weighted by Crippen LogP contribution is -2.14. The predicted octanol–water partition coefficient (Wildman–Crippen LogP) is 7.99. The van der Waals surface area contributed by atoms with Crippen LogP contribution >= 0.6 is 57.6 Å². The van der Waals surface area contributed by atoms with Crippen LogP contribution in [0, 0.1) is 13.8 Å². The number of benzene rings is 2. The van der Waals surface area contributed by atoms with Crippen LogP contribution in [0.25, 0.3) is 33.8 Å². The van der Waals surface area contributed by atoms with Crippen molar-refractivity contribution in [1.82, 2.24) is 19.7 Å². The average Bonchev–Trinajstić information content (AvgIpc) is 3.57. The fourth-order valence-electron chi connectivity index (χ4n) is 3.81. The number of hydrogen-bond donors (Lipinski definition) is 1. The molecule has 0 spiro atoms. The number of aryl methyl sites for hydroxylation is 2. The van der Waals surface area contributed by atoms with E-state index in [0.717, 1.165) is 28.1 Å². The number of nitrogens with one attached hydrogen (secondary N) is 1. The Morgan fingerprint density at radius 1 is 1.03 bits per heavy atom. The number of rotatable bonds is 7. The van der Waals surface area contributed by atoms with Crippen LogP contribution in [0.3, 0.4) is 0 Å². The van der Waals surface area contributed by atoms with Crippen LogP contribution < -0.4 is 5.32 Å². The Morgan fingerprint density at radius 2 is 1.81 bits per heavy atom. The molecule has 2 aromatic carbocycles. The van der Waals surface area contributed by atoms with Gasteiger partial charge in [0.05, 0.1) is 16.5 Å². The van der Waals surface area contributed by atoms with Crippen molar-refractivity contribution in [3.8, 4) is 33.8 Å². The summed E-state index contributed by atoms with van der Waals surface area (Å²) in [5.41, 5.74) is 6.01. The van der Waals surface area contributed by atoms with Crippen LogP contribution in [0.15, 0.2) is 58.4 Å². The first-order valence-corrected chi connectivity index (χ1v) is 14.7. The first kappa shape index (κ1) is 25.9. The zero-order chi connectivity index (χ0) is 26.1. The van der Waals surface area contributed by atoms with Gasteiger partial charge in [-0.2, -0.15) is 0 Å². The summed E-state index contributed by atoms with van der Waals surface area (Å²) in [5, 5.41) is 17.9. The van der Waals surface area contributed by atoms with E-state index in [4.69, 9.17) is 23.2 Å². The molecule has 6 nitrogen and oxygen atoms in total. The van der Waals surface area contributed by atoms with Crippen molar-refractivity contribution in [1.29, 1.82) is 0 Å². The Balaban J connectivity index is 1.27. The van der Waals surface area contributed by atoms with E-state index >= 15 is 0 Å². The first-order valence-electron chi connectivity index (χ1n) is 11.2. The third kappa shape index (κ3) is 5.61. The van der Waals surface area contributed by atoms with Gasteiger partial charge in [0.2, 0.25) is 5.91 Å². The third-order valence-corrected chi connectivity index (χ3v) is 8.92. The number of halogens is 2. The SMILES string of the molecule is Cc1ccc(-c2c(-c3nnc(SCC(=O)Nc4nc(-c5ccc(Cl)cc5Cl)cs4)n3C)csc2C)cc1. The zero-order valence-corrected chi connectivity index (χ0v) is 24.0. The molecule has 0 unspecified atom stereocenters. The van der Waals surface area contributed by atoms with E-state index in [-0.39, 0.29) is 11.7 Å². The molecule has 1 N–H and O–H groups in total. The number of carbonyl (C=O) groups is 1. The molecule has 37 heavy (non-hydrogen) atoms. The van der Waals surface area contributed by atoms with Crippen molar-refractivity contribution in [2.45, 2.75) is 19.0 Å². The fraction of sp³-hybridized carbons (Fsp3) is 0.154. The summed E-state index contributed by atoms with van der Waals surface area (Å²) in [5.74, 6) is 0.771. The van der Waals surface area contributed by atoms with Crippen molar-refractivity contribution in [3.63, 3.8) is 0 Å². The summed E-state index contributed by atoms with van der Waals surface area (Å²) in [6.45, 7) is 4.20. The molecule has 0 saturated carbocycles. The van der Waals surface area contributed by atoms with Crippen LogP contribution in [0.5, 0.6) is 0 Å². The predicted molar refractivity (Wildman–Crippen MR) is 156 cm³/mol. The Morgan fingerprint density at radius 3 is 2.57 bits per heavy atom. The summed E-state index contributed by atoms with van der Waals surface area (Å²) >= 11 is 16.6. The standard InChI is InChI=1S/C26H21Cl2N5OS3/c1-14-4-6-16(7-5-14)23-15(2)35-11-19(23)24-31-32-26(33(24)3)37-13-22(34)30-25-29-21(12-36-25)18-9-8-17(27)10-20(18)28/h4-12H,13H2,1-3H3,(H,29,30,34). The Kier molecular flexibility index (Phi) is 7.69. The topological polar surface area (TPSA) is 72.7 Å². The van der Waals surface area contributed by atoms with E-state index in [1.165, 1.54) is 33.5 Å². The lowest BCUT2D eigenvalue weighted by molar-refractivity contribution is -0.113. The van der Waals surface area contributed by atoms with Crippen LogP contribution in [0.2, 0.25) is 10.0 Å². The van der Waals surface area contributed by atoms with Gasteiger partial charge in [-0.3, -0.25) is 4.79 Å². The third-order valence-electron chi connectivity index (χ3n) is 5.68. The molecule has 0 atom stereocenters. The van der Waals surface area contributed by atoms with E-state index in [1.54, 1.807) is 23.5 Å². The van der Waals surface area contributed by atoms with Gasteiger partial charge in [-0.25, -0.2) is 4.98 Å². The highest BCUT2D eigenvalue weighted by molar-refractivity contribution is 7.99. The number of aromatic nitrogens is 4. The molecule has 11 heteroatoms. The van der Waals surface area contributed by atoms with E-state index in [9.17, 15) is 4.79 Å². The van der Waals surface area contributed by atoms with Crippen molar-refractivity contribution in [2.24, 2.45) is 7.05 Å². The van der Waals surface area contributed by atoms with E-state index < -0.39 is 0 Å². The number of anilines is 1. The lowest BCUT2D eigenvalue weighted by atomic mass is 10.0. The Hall–Kier alpha value is -2.69. The number of amides is 1. The molecule has 0 aliphatic carbocycles. The number of carbonyl (C=O) groups excluding carboxylic acids is 1. The minimum absolute atomic E-state index is 0.177. The average molecular weight is 587 g/mol. The molecule has 1 amide bonds. The van der Waals surface area contributed by atoms with Gasteiger partial charge in [-0.05, 0) is 37.6 Å². The normalized spacial score (nSPS) is 11.2. The number of nitrogens with zero attached hydrogens (tertiary/aromatic N) is 4. The molecular formula is C26H21Cl2N5OS3. The van der Waals surface area contributed by atoms with E-state index in [0.29, 0.717) is 26.0 Å². The van der Waals surface area contributed by atoms with Crippen molar-refractivity contribution in [3.05, 3.63) is 73.7 Å². The lowest BCUT2D eigenvalue weighted by Gasteiger charge is -2.07. The van der Waals surface area contributed by atoms with Crippen molar-refractivity contribution in [2.75, 3.05) is 11.1 Å². The van der Waals surface area contributed by atoms with Crippen LogP contribution in [0.4, 0.5) is 5.13 Å². The summed E-state index contributed by atoms with van der Waals surface area (Å²) in [7, 11) is 1.92. The van der Waals surface area contributed by atoms with Gasteiger partial charge in [0.15, 0.2) is 16.1 Å². The highest BCUT2D eigenvalue weighted by Gasteiger charge is 2.20. The summed E-state index contributed by atoms with van der Waals surface area (Å²) in [6, 6.07) is 13.7. The molecule has 0 radical (unpaired) electrons. The van der Waals surface area contributed by atoms with Gasteiger partial charge in [0.1, 0.15) is 0 Å². The van der Waals surface area contributed by atoms with Crippen molar-refractivity contribution >= 4 is 68.7 Å². The molecule has 0 aliphatic rings. The van der Waals surface area contributed by atoms with Gasteiger partial charge in [-0.15, -0.1) is 32.9 Å². The second kappa shape index (κ2) is 11.0. The van der Waals surface area contributed by atoms with Crippen LogP contribution in [-0.4, -0.2) is 31.4 Å². The number of thiophene rings is 1. The van der Waals surface area contributed by atoms with E-state index in [1.807, 2.05) is 23.1 Å². The zero-order valence-electron chi connectivity index (χ0n) is 20.1. The van der Waals surface area contributed by atoms with Gasteiger partial charge in [-0.1, -0.05) is 64.8 Å². The second-order valence-electron chi connectivity index (χ2n) is 8.31. The molecule has 5 rings (SSSR count). The first-order chi connectivity index (χ1) is 17.8. The maximum Gasteiger partial charge on any atom is 0.236 e. The Bertz CT molecular complexity index is 1590. The second-order valence-corrected chi connectivity index (χ2v) is 12.0. The molecular weight excluding hydrogens is 565 g/mol. The minimum Gasteiger partial charge on any atom is -0.305 e. The summed E-state index contributed by atoms with van der Waals surface area (Å²) in [4.78, 5) is 18.3. The largest absolute Gasteiger partial charge is 0.305 e. The van der Waals surface area contributed by atoms with Gasteiger partial charge >= 0.3 is 0 Å². The quantitative estimate of drug-likeness (QED) is 0.196. The molecule has 188 valence electrons. The van der Waals surface area contributed by atoms with Crippen LogP contribution in [0.1, 0.15) is 10.4 Å². The van der Waals surface area contributed by atoms with Gasteiger partial charge in [0, 0.05) is 44.4 Å². The monoisotopic (exact) mass is 585 g/mol. The molecule has 0 fully saturated rings. The number of thioether (sulfide) groups is 1. The molecule has 3 heterocycles. The molecule has 3 aromatic heterocycles. The van der Waals surface area contributed by atoms with Crippen LogP contribution in [-0.2, 0) is 11.8 Å². The molecule has 0 saturated heterocycles. The number of thiazole rings is 1. The smallest absolute Gasteiger partial charge is 0.236 e. The maximum atomic E-state index is 12.6. The summed E-state index contributed by atoms with van der Waals surface area (Å²) in [6.07, 6.45) is 0. The maximum absolute atomic E-state index is 12.6. The molecule has 5 aromatic rings. The summed E-state index contributed by atoms with van der Waals surface area (Å²) < 4.78 is 1.93. The molecule has 0 aliphatic heterocycles. The minimum atomic E-state index is -0.177. The van der Waals surface area contributed by atoms with E-state index in [2.05, 4.69) is 64.0 Å². The molecule has 0 bridgehead atoms.